The Morgan fingerprint density at radius 2 is 1.69 bits per heavy atom. The van der Waals surface area contributed by atoms with Crippen molar-refractivity contribution in [1.29, 1.82) is 0 Å². The number of hydrazine groups is 1. The first-order valence-corrected chi connectivity index (χ1v) is 11.2. The summed E-state index contributed by atoms with van der Waals surface area (Å²) in [7, 11) is 0. The number of hydroxylamine groups is 1. The summed E-state index contributed by atoms with van der Waals surface area (Å²) >= 11 is 0. The summed E-state index contributed by atoms with van der Waals surface area (Å²) in [5.41, 5.74) is 10.9. The van der Waals surface area contributed by atoms with Crippen molar-refractivity contribution in [3.8, 4) is 0 Å². The minimum atomic E-state index is -0.798. The van der Waals surface area contributed by atoms with Crippen LogP contribution in [-0.4, -0.2) is 41.0 Å². The van der Waals surface area contributed by atoms with Gasteiger partial charge in [-0.2, -0.15) is 0 Å². The predicted molar refractivity (Wildman–Crippen MR) is 125 cm³/mol. The molecule has 0 spiro atoms. The topological polar surface area (TPSA) is 125 Å². The fraction of sp³-hybridized carbons (Fsp3) is 0.542. The van der Waals surface area contributed by atoms with E-state index in [4.69, 9.17) is 5.73 Å². The molecule has 32 heavy (non-hydrogen) atoms. The molecule has 0 saturated carbocycles. The maximum Gasteiger partial charge on any atom is 0.247 e. The minimum absolute atomic E-state index is 0.113. The molecule has 2 atom stereocenters. The van der Waals surface area contributed by atoms with Gasteiger partial charge in [0.05, 0.1) is 11.8 Å². The van der Waals surface area contributed by atoms with Crippen molar-refractivity contribution in [3.05, 3.63) is 42.0 Å². The molecule has 8 nitrogen and oxygen atoms in total. The van der Waals surface area contributed by atoms with Gasteiger partial charge in [0.1, 0.15) is 0 Å². The van der Waals surface area contributed by atoms with E-state index in [1.807, 2.05) is 70.2 Å². The number of allylic oxidation sites excluding steroid dienone is 1. The molecule has 0 heterocycles. The Bertz CT molecular complexity index is 750. The Balaban J connectivity index is 3.10. The Morgan fingerprint density at radius 1 is 1.03 bits per heavy atom. The Morgan fingerprint density at radius 3 is 2.22 bits per heavy atom. The molecular formula is C24H38N4O4. The van der Waals surface area contributed by atoms with Crippen LogP contribution in [0.1, 0.15) is 52.5 Å². The normalized spacial score (nSPS) is 13.2. The van der Waals surface area contributed by atoms with Gasteiger partial charge in [-0.05, 0) is 30.2 Å². The van der Waals surface area contributed by atoms with Crippen LogP contribution in [0.25, 0.3) is 6.08 Å². The number of amides is 3. The van der Waals surface area contributed by atoms with Gasteiger partial charge in [-0.15, -0.1) is 0 Å². The number of carbonyl (C=O) groups excluding carboxylic acids is 3. The number of hydrogen-bond donors (Lipinski definition) is 4. The molecule has 0 bridgehead atoms. The standard InChI is InChI=1S/C24H38N4O4/c1-17(2)15-21(23(30)26-28(16-18(3)4)22(29)13-14-25)20(24(31)27-32)12-8-11-19-9-6-5-7-10-19/h5-11,17-18,20-21,32H,12-16,25H2,1-4H3,(H,26,30)(H,27,31)/b11-8+/t20-,21+/m0/s1. The molecule has 0 aliphatic heterocycles. The molecule has 178 valence electrons. The first kappa shape index (κ1) is 27.3. The quantitative estimate of drug-likeness (QED) is 0.290. The highest BCUT2D eigenvalue weighted by molar-refractivity contribution is 5.89. The number of hydrogen-bond acceptors (Lipinski definition) is 5. The summed E-state index contributed by atoms with van der Waals surface area (Å²) < 4.78 is 0. The van der Waals surface area contributed by atoms with E-state index in [1.54, 1.807) is 5.48 Å². The first-order valence-electron chi connectivity index (χ1n) is 11.2. The smallest absolute Gasteiger partial charge is 0.247 e. The largest absolute Gasteiger partial charge is 0.330 e. The first-order chi connectivity index (χ1) is 15.2. The summed E-state index contributed by atoms with van der Waals surface area (Å²) in [5.74, 6) is -2.61. The van der Waals surface area contributed by atoms with E-state index in [-0.39, 0.29) is 37.1 Å². The fourth-order valence-electron chi connectivity index (χ4n) is 3.46. The zero-order chi connectivity index (χ0) is 24.1. The van der Waals surface area contributed by atoms with Crippen LogP contribution >= 0.6 is 0 Å². The van der Waals surface area contributed by atoms with Crippen molar-refractivity contribution >= 4 is 23.8 Å². The van der Waals surface area contributed by atoms with Gasteiger partial charge in [-0.3, -0.25) is 30.0 Å². The van der Waals surface area contributed by atoms with Crippen LogP contribution in [0, 0.1) is 23.7 Å². The maximum absolute atomic E-state index is 13.3. The highest BCUT2D eigenvalue weighted by Gasteiger charge is 2.34. The second-order valence-corrected chi connectivity index (χ2v) is 8.78. The van der Waals surface area contributed by atoms with Gasteiger partial charge in [0, 0.05) is 19.5 Å². The number of nitrogens with two attached hydrogens (primary N) is 1. The summed E-state index contributed by atoms with van der Waals surface area (Å²) in [5, 5.41) is 10.6. The number of carbonyl (C=O) groups is 3. The fourth-order valence-corrected chi connectivity index (χ4v) is 3.46. The molecule has 1 aromatic rings. The summed E-state index contributed by atoms with van der Waals surface area (Å²) in [6.07, 6.45) is 4.48. The van der Waals surface area contributed by atoms with E-state index < -0.39 is 23.7 Å². The van der Waals surface area contributed by atoms with Crippen molar-refractivity contribution in [2.24, 2.45) is 29.4 Å². The number of rotatable bonds is 12. The lowest BCUT2D eigenvalue weighted by molar-refractivity contribution is -0.147. The SMILES string of the molecule is CC(C)C[C@@H](C(=O)NN(CC(C)C)C(=O)CCN)[C@H](C/C=C/c1ccccc1)C(=O)NO. The minimum Gasteiger partial charge on any atom is -0.330 e. The highest BCUT2D eigenvalue weighted by Crippen LogP contribution is 2.25. The Hall–Kier alpha value is -2.71. The molecule has 0 unspecified atom stereocenters. The van der Waals surface area contributed by atoms with Gasteiger partial charge in [0.2, 0.25) is 17.7 Å². The predicted octanol–water partition coefficient (Wildman–Crippen LogP) is 2.74. The van der Waals surface area contributed by atoms with Crippen LogP contribution in [-0.2, 0) is 14.4 Å². The van der Waals surface area contributed by atoms with Gasteiger partial charge >= 0.3 is 0 Å². The average molecular weight is 447 g/mol. The van der Waals surface area contributed by atoms with Gasteiger partial charge in [0.15, 0.2) is 0 Å². The molecule has 0 saturated heterocycles. The van der Waals surface area contributed by atoms with Crippen molar-refractivity contribution in [1.82, 2.24) is 15.9 Å². The maximum atomic E-state index is 13.3. The molecule has 0 aromatic heterocycles. The summed E-state index contributed by atoms with van der Waals surface area (Å²) in [6.45, 7) is 8.31. The van der Waals surface area contributed by atoms with E-state index in [2.05, 4.69) is 5.43 Å². The third-order valence-electron chi connectivity index (χ3n) is 4.95. The average Bonchev–Trinajstić information content (AvgIpc) is 2.74. The van der Waals surface area contributed by atoms with E-state index in [0.717, 1.165) is 5.56 Å². The van der Waals surface area contributed by atoms with Crippen LogP contribution in [0.2, 0.25) is 0 Å². The van der Waals surface area contributed by atoms with Crippen molar-refractivity contribution in [3.63, 3.8) is 0 Å². The van der Waals surface area contributed by atoms with Crippen molar-refractivity contribution in [2.75, 3.05) is 13.1 Å². The molecule has 0 radical (unpaired) electrons. The third kappa shape index (κ3) is 9.62. The molecular weight excluding hydrogens is 408 g/mol. The monoisotopic (exact) mass is 446 g/mol. The van der Waals surface area contributed by atoms with E-state index in [1.165, 1.54) is 5.01 Å². The van der Waals surface area contributed by atoms with Gasteiger partial charge in [0.25, 0.3) is 0 Å². The van der Waals surface area contributed by atoms with E-state index in [9.17, 15) is 19.6 Å². The molecule has 1 rings (SSSR count). The molecule has 1 aromatic carbocycles. The summed E-state index contributed by atoms with van der Waals surface area (Å²) in [4.78, 5) is 38.2. The number of nitrogens with zero attached hydrogens (tertiary/aromatic N) is 1. The van der Waals surface area contributed by atoms with Gasteiger partial charge in [-0.1, -0.05) is 70.2 Å². The highest BCUT2D eigenvalue weighted by atomic mass is 16.5. The lowest BCUT2D eigenvalue weighted by Gasteiger charge is -2.30. The molecule has 0 fully saturated rings. The van der Waals surface area contributed by atoms with Crippen LogP contribution in [0.3, 0.4) is 0 Å². The zero-order valence-corrected chi connectivity index (χ0v) is 19.6. The van der Waals surface area contributed by atoms with Crippen molar-refractivity contribution in [2.45, 2.75) is 47.0 Å². The second-order valence-electron chi connectivity index (χ2n) is 8.78. The Labute approximate surface area is 191 Å². The molecule has 3 amide bonds. The third-order valence-corrected chi connectivity index (χ3v) is 4.95. The number of nitrogens with one attached hydrogen (secondary N) is 2. The molecule has 0 aliphatic carbocycles. The van der Waals surface area contributed by atoms with E-state index in [0.29, 0.717) is 13.0 Å². The van der Waals surface area contributed by atoms with Crippen molar-refractivity contribution < 1.29 is 19.6 Å². The lowest BCUT2D eigenvalue weighted by Crippen LogP contribution is -2.52. The molecule has 8 heteroatoms. The zero-order valence-electron chi connectivity index (χ0n) is 19.6. The van der Waals surface area contributed by atoms with Crippen LogP contribution in [0.5, 0.6) is 0 Å². The van der Waals surface area contributed by atoms with E-state index >= 15 is 0 Å². The van der Waals surface area contributed by atoms with Crippen LogP contribution < -0.4 is 16.6 Å². The Kier molecular flexibility index (Phi) is 12.3. The number of benzene rings is 1. The van der Waals surface area contributed by atoms with Gasteiger partial charge in [-0.25, -0.2) is 5.48 Å². The lowest BCUT2D eigenvalue weighted by atomic mass is 9.82. The van der Waals surface area contributed by atoms with Gasteiger partial charge < -0.3 is 5.73 Å². The molecule has 0 aliphatic rings. The molecule has 5 N–H and O–H groups in total. The second kappa shape index (κ2) is 14.4. The van der Waals surface area contributed by atoms with Crippen LogP contribution in [0.4, 0.5) is 0 Å². The summed E-state index contributed by atoms with van der Waals surface area (Å²) in [6, 6.07) is 9.60. The van der Waals surface area contributed by atoms with Crippen LogP contribution in [0.15, 0.2) is 36.4 Å².